The van der Waals surface area contributed by atoms with Gasteiger partial charge in [0.1, 0.15) is 6.54 Å². The molecule has 0 bridgehead atoms. The number of imidazole rings is 1. The first kappa shape index (κ1) is 19.1. The maximum atomic E-state index is 12.6. The number of nitrogens with one attached hydrogen (secondary N) is 1. The third kappa shape index (κ3) is 3.17. The van der Waals surface area contributed by atoms with Crippen molar-refractivity contribution in [3.63, 3.8) is 0 Å². The molecule has 0 atom stereocenters. The fourth-order valence-electron chi connectivity index (χ4n) is 3.35. The zero-order valence-electron chi connectivity index (χ0n) is 16.5. The molecule has 1 aliphatic rings. The standard InChI is InChI=1S/C19H16N6O5S/c1-23-16-15(17(27)24(2)19(23)28)25(8-20-16)6-14(26)22-18-21-11(7-31-18)10-3-4-12-13(5-10)30-9-29-12/h3-5,7-8H,6,9H2,1-2H3,(H,21,22,26). The first-order valence-electron chi connectivity index (χ1n) is 9.18. The molecule has 158 valence electrons. The van der Waals surface area contributed by atoms with Crippen LogP contribution in [0.2, 0.25) is 0 Å². The highest BCUT2D eigenvalue weighted by Gasteiger charge is 2.18. The van der Waals surface area contributed by atoms with Crippen molar-refractivity contribution in [3.05, 3.63) is 50.7 Å². The fraction of sp³-hybridized carbons (Fsp3) is 0.211. The lowest BCUT2D eigenvalue weighted by Gasteiger charge is -2.06. The molecular formula is C19H16N6O5S. The monoisotopic (exact) mass is 440 g/mol. The van der Waals surface area contributed by atoms with Crippen molar-refractivity contribution >= 4 is 33.5 Å². The van der Waals surface area contributed by atoms with Crippen LogP contribution in [0.5, 0.6) is 11.5 Å². The minimum absolute atomic E-state index is 0.150. The molecule has 0 saturated carbocycles. The number of carbonyl (C=O) groups excluding carboxylic acids is 1. The van der Waals surface area contributed by atoms with Crippen LogP contribution in [0.4, 0.5) is 5.13 Å². The molecule has 1 amide bonds. The van der Waals surface area contributed by atoms with E-state index in [2.05, 4.69) is 15.3 Å². The minimum Gasteiger partial charge on any atom is -0.454 e. The van der Waals surface area contributed by atoms with Crippen molar-refractivity contribution in [3.8, 4) is 22.8 Å². The number of thiazole rings is 1. The number of benzene rings is 1. The van der Waals surface area contributed by atoms with E-state index in [9.17, 15) is 14.4 Å². The fourth-order valence-corrected chi connectivity index (χ4v) is 4.09. The lowest BCUT2D eigenvalue weighted by Crippen LogP contribution is -2.37. The van der Waals surface area contributed by atoms with Gasteiger partial charge in [0.25, 0.3) is 5.56 Å². The van der Waals surface area contributed by atoms with Gasteiger partial charge >= 0.3 is 5.69 Å². The zero-order chi connectivity index (χ0) is 21.7. The zero-order valence-corrected chi connectivity index (χ0v) is 17.3. The molecule has 11 nitrogen and oxygen atoms in total. The molecule has 31 heavy (non-hydrogen) atoms. The summed E-state index contributed by atoms with van der Waals surface area (Å²) in [6, 6.07) is 5.51. The SMILES string of the molecule is Cn1c(=O)c2c(ncn2CC(=O)Nc2nc(-c3ccc4c(c3)OCO4)cs2)n(C)c1=O. The van der Waals surface area contributed by atoms with E-state index in [1.54, 1.807) is 0 Å². The molecule has 0 saturated heterocycles. The Labute approximate surface area is 178 Å². The number of aromatic nitrogens is 5. The van der Waals surface area contributed by atoms with Gasteiger partial charge in [0.05, 0.1) is 12.0 Å². The van der Waals surface area contributed by atoms with Gasteiger partial charge in [-0.25, -0.2) is 14.8 Å². The van der Waals surface area contributed by atoms with Gasteiger partial charge in [0.2, 0.25) is 12.7 Å². The Morgan fingerprint density at radius 3 is 2.84 bits per heavy atom. The van der Waals surface area contributed by atoms with Crippen LogP contribution in [-0.2, 0) is 25.4 Å². The topological polar surface area (TPSA) is 122 Å². The third-order valence-electron chi connectivity index (χ3n) is 4.95. The summed E-state index contributed by atoms with van der Waals surface area (Å²) in [5, 5.41) is 4.98. The van der Waals surface area contributed by atoms with Gasteiger partial charge < -0.3 is 19.4 Å². The molecular weight excluding hydrogens is 424 g/mol. The Morgan fingerprint density at radius 2 is 2.00 bits per heavy atom. The van der Waals surface area contributed by atoms with Crippen molar-refractivity contribution in [2.24, 2.45) is 14.1 Å². The van der Waals surface area contributed by atoms with E-state index in [1.807, 2.05) is 23.6 Å². The molecule has 0 fully saturated rings. The number of aryl methyl sites for hydroxylation is 1. The van der Waals surface area contributed by atoms with Crippen LogP contribution >= 0.6 is 11.3 Å². The molecule has 0 unspecified atom stereocenters. The maximum Gasteiger partial charge on any atom is 0.332 e. The van der Waals surface area contributed by atoms with Gasteiger partial charge in [0, 0.05) is 25.0 Å². The number of fused-ring (bicyclic) bond motifs is 2. The summed E-state index contributed by atoms with van der Waals surface area (Å²) in [6.07, 6.45) is 1.37. The second-order valence-corrected chi connectivity index (χ2v) is 7.76. The molecule has 3 aromatic heterocycles. The highest BCUT2D eigenvalue weighted by atomic mass is 32.1. The Hall–Kier alpha value is -3.93. The first-order chi connectivity index (χ1) is 14.9. The molecule has 0 spiro atoms. The van der Waals surface area contributed by atoms with Crippen molar-refractivity contribution in [1.82, 2.24) is 23.7 Å². The Bertz CT molecular complexity index is 1460. The van der Waals surface area contributed by atoms with Crippen molar-refractivity contribution in [2.45, 2.75) is 6.54 Å². The number of anilines is 1. The number of nitrogens with zero attached hydrogens (tertiary/aromatic N) is 5. The van der Waals surface area contributed by atoms with E-state index in [-0.39, 0.29) is 30.4 Å². The normalized spacial score (nSPS) is 12.5. The van der Waals surface area contributed by atoms with Crippen LogP contribution in [-0.4, -0.2) is 36.4 Å². The molecule has 1 aromatic carbocycles. The quantitative estimate of drug-likeness (QED) is 0.501. The number of hydrogen-bond acceptors (Lipinski definition) is 8. The van der Waals surface area contributed by atoms with E-state index in [1.165, 1.54) is 40.9 Å². The van der Waals surface area contributed by atoms with Crippen LogP contribution in [0.15, 0.2) is 39.5 Å². The lowest BCUT2D eigenvalue weighted by atomic mass is 10.1. The highest BCUT2D eigenvalue weighted by Crippen LogP contribution is 2.36. The maximum absolute atomic E-state index is 12.6. The number of amides is 1. The molecule has 4 heterocycles. The van der Waals surface area contributed by atoms with Gasteiger partial charge in [-0.3, -0.25) is 18.7 Å². The van der Waals surface area contributed by atoms with E-state index in [0.717, 1.165) is 10.1 Å². The average molecular weight is 440 g/mol. The highest BCUT2D eigenvalue weighted by molar-refractivity contribution is 7.14. The van der Waals surface area contributed by atoms with Gasteiger partial charge in [-0.05, 0) is 18.2 Å². The van der Waals surface area contributed by atoms with Crippen molar-refractivity contribution < 1.29 is 14.3 Å². The Kier molecular flexibility index (Phi) is 4.36. The number of rotatable bonds is 4. The van der Waals surface area contributed by atoms with Gasteiger partial charge in [-0.15, -0.1) is 11.3 Å². The van der Waals surface area contributed by atoms with Gasteiger partial charge in [-0.2, -0.15) is 0 Å². The lowest BCUT2D eigenvalue weighted by molar-refractivity contribution is -0.116. The van der Waals surface area contributed by atoms with Gasteiger partial charge in [-0.1, -0.05) is 0 Å². The van der Waals surface area contributed by atoms with Crippen molar-refractivity contribution in [2.75, 3.05) is 12.1 Å². The van der Waals surface area contributed by atoms with E-state index in [0.29, 0.717) is 22.3 Å². The van der Waals surface area contributed by atoms with Crippen molar-refractivity contribution in [1.29, 1.82) is 0 Å². The summed E-state index contributed by atoms with van der Waals surface area (Å²) in [6.45, 7) is 0.0419. The second-order valence-electron chi connectivity index (χ2n) is 6.90. The van der Waals surface area contributed by atoms with E-state index < -0.39 is 11.2 Å². The van der Waals surface area contributed by atoms with Crippen LogP contribution < -0.4 is 26.0 Å². The summed E-state index contributed by atoms with van der Waals surface area (Å²) >= 11 is 1.28. The Balaban J connectivity index is 1.36. The molecule has 1 aliphatic heterocycles. The van der Waals surface area contributed by atoms with Crippen LogP contribution in [0.3, 0.4) is 0 Å². The van der Waals surface area contributed by atoms with E-state index in [4.69, 9.17) is 9.47 Å². The third-order valence-corrected chi connectivity index (χ3v) is 5.71. The summed E-state index contributed by atoms with van der Waals surface area (Å²) in [5.74, 6) is 0.963. The average Bonchev–Trinajstić information content (AvgIpc) is 3.49. The van der Waals surface area contributed by atoms with E-state index >= 15 is 0 Å². The smallest absolute Gasteiger partial charge is 0.332 e. The minimum atomic E-state index is -0.511. The van der Waals surface area contributed by atoms with Crippen LogP contribution in [0.1, 0.15) is 0 Å². The summed E-state index contributed by atoms with van der Waals surface area (Å²) < 4.78 is 14.4. The Morgan fingerprint density at radius 1 is 1.19 bits per heavy atom. The molecule has 12 heteroatoms. The predicted octanol–water partition coefficient (Wildman–Crippen LogP) is 0.925. The van der Waals surface area contributed by atoms with Crippen LogP contribution in [0, 0.1) is 0 Å². The molecule has 4 aromatic rings. The number of carbonyl (C=O) groups is 1. The van der Waals surface area contributed by atoms with Crippen LogP contribution in [0.25, 0.3) is 22.4 Å². The first-order valence-corrected chi connectivity index (χ1v) is 10.1. The number of ether oxygens (including phenoxy) is 2. The summed E-state index contributed by atoms with van der Waals surface area (Å²) in [4.78, 5) is 45.6. The molecule has 5 rings (SSSR count). The summed E-state index contributed by atoms with van der Waals surface area (Å²) in [7, 11) is 2.91. The second kappa shape index (κ2) is 7.09. The largest absolute Gasteiger partial charge is 0.454 e. The van der Waals surface area contributed by atoms with Gasteiger partial charge in [0.15, 0.2) is 27.8 Å². The molecule has 1 N–H and O–H groups in total. The molecule has 0 radical (unpaired) electrons. The predicted molar refractivity (Wildman–Crippen MR) is 113 cm³/mol. The number of hydrogen-bond donors (Lipinski definition) is 1. The molecule has 0 aliphatic carbocycles. The summed E-state index contributed by atoms with van der Waals surface area (Å²) in [5.41, 5.74) is 0.940.